The molecule has 0 spiro atoms. The number of aliphatic hydroxyl groups is 1. The van der Waals surface area contributed by atoms with Crippen molar-refractivity contribution in [3.05, 3.63) is 23.5 Å². The van der Waals surface area contributed by atoms with E-state index in [-0.39, 0.29) is 12.5 Å². The molecule has 0 saturated carbocycles. The number of carbonyl (C=O) groups is 1. The Morgan fingerprint density at radius 2 is 2.14 bits per heavy atom. The summed E-state index contributed by atoms with van der Waals surface area (Å²) in [6.45, 7) is 5.55. The Bertz CT molecular complexity index is 647. The number of pyridine rings is 1. The Balaban J connectivity index is 1.73. The number of carbonyl (C=O) groups excluding carboxylic acids is 1. The van der Waals surface area contributed by atoms with Crippen molar-refractivity contribution in [1.82, 2.24) is 19.9 Å². The normalized spacial score (nSPS) is 16.6. The highest BCUT2D eigenvalue weighted by molar-refractivity contribution is 5.97. The fourth-order valence-corrected chi connectivity index (χ4v) is 2.56. The van der Waals surface area contributed by atoms with E-state index in [4.69, 9.17) is 9.63 Å². The molecule has 0 aliphatic carbocycles. The van der Waals surface area contributed by atoms with Crippen LogP contribution in [0.25, 0.3) is 11.1 Å². The number of amides is 1. The Hall–Kier alpha value is -1.99. The van der Waals surface area contributed by atoms with Crippen molar-refractivity contribution in [2.75, 3.05) is 39.3 Å². The minimum Gasteiger partial charge on any atom is -0.395 e. The molecule has 1 aliphatic heterocycles. The van der Waals surface area contributed by atoms with E-state index in [1.165, 1.54) is 6.20 Å². The van der Waals surface area contributed by atoms with Crippen LogP contribution in [-0.2, 0) is 0 Å². The Kier molecular flexibility index (Phi) is 3.85. The van der Waals surface area contributed by atoms with Crippen LogP contribution in [0.4, 0.5) is 0 Å². The van der Waals surface area contributed by atoms with E-state index in [0.29, 0.717) is 30.9 Å². The summed E-state index contributed by atoms with van der Waals surface area (Å²) in [4.78, 5) is 20.6. The molecule has 1 aliphatic rings. The van der Waals surface area contributed by atoms with E-state index in [0.717, 1.165) is 24.2 Å². The molecule has 0 atom stereocenters. The molecular weight excluding hydrogens is 272 g/mol. The number of aliphatic hydroxyl groups excluding tert-OH is 1. The number of aryl methyl sites for hydroxylation is 1. The smallest absolute Gasteiger partial charge is 0.257 e. The Morgan fingerprint density at radius 1 is 1.38 bits per heavy atom. The first-order valence-electron chi connectivity index (χ1n) is 7.03. The van der Waals surface area contributed by atoms with E-state index in [1.807, 2.05) is 11.8 Å². The number of hydrogen-bond acceptors (Lipinski definition) is 6. The van der Waals surface area contributed by atoms with E-state index in [1.54, 1.807) is 6.07 Å². The second-order valence-corrected chi connectivity index (χ2v) is 5.20. The van der Waals surface area contributed by atoms with Crippen LogP contribution >= 0.6 is 0 Å². The molecule has 1 amide bonds. The molecular formula is C14H18N4O3. The summed E-state index contributed by atoms with van der Waals surface area (Å²) in [5.74, 6) is -0.0198. The van der Waals surface area contributed by atoms with Gasteiger partial charge in [-0.1, -0.05) is 5.16 Å². The van der Waals surface area contributed by atoms with E-state index >= 15 is 0 Å². The molecule has 2 aromatic rings. The molecule has 112 valence electrons. The van der Waals surface area contributed by atoms with E-state index in [2.05, 4.69) is 15.0 Å². The minimum absolute atomic E-state index is 0.0198. The topological polar surface area (TPSA) is 82.7 Å². The summed E-state index contributed by atoms with van der Waals surface area (Å²) in [5, 5.41) is 13.6. The molecule has 2 aromatic heterocycles. The predicted molar refractivity (Wildman–Crippen MR) is 76.0 cm³/mol. The maximum atomic E-state index is 12.5. The highest BCUT2D eigenvalue weighted by Gasteiger charge is 2.22. The quantitative estimate of drug-likeness (QED) is 0.874. The molecule has 21 heavy (non-hydrogen) atoms. The highest BCUT2D eigenvalue weighted by atomic mass is 16.5. The van der Waals surface area contributed by atoms with Crippen molar-refractivity contribution < 1.29 is 14.4 Å². The van der Waals surface area contributed by atoms with Gasteiger partial charge in [0.05, 0.1) is 23.3 Å². The molecule has 1 N–H and O–H groups in total. The number of hydrogen-bond donors (Lipinski definition) is 1. The summed E-state index contributed by atoms with van der Waals surface area (Å²) < 4.78 is 5.05. The predicted octanol–water partition coefficient (Wildman–Crippen LogP) is 0.281. The number of aromatic nitrogens is 2. The van der Waals surface area contributed by atoms with Gasteiger partial charge in [-0.2, -0.15) is 0 Å². The van der Waals surface area contributed by atoms with Gasteiger partial charge in [0.2, 0.25) is 0 Å². The zero-order valence-electron chi connectivity index (χ0n) is 11.9. The van der Waals surface area contributed by atoms with Gasteiger partial charge >= 0.3 is 0 Å². The molecule has 0 bridgehead atoms. The largest absolute Gasteiger partial charge is 0.395 e. The summed E-state index contributed by atoms with van der Waals surface area (Å²) in [7, 11) is 0. The van der Waals surface area contributed by atoms with Gasteiger partial charge in [0.15, 0.2) is 0 Å². The molecule has 0 unspecified atom stereocenters. The van der Waals surface area contributed by atoms with Crippen LogP contribution in [0, 0.1) is 6.92 Å². The van der Waals surface area contributed by atoms with Crippen molar-refractivity contribution in [2.45, 2.75) is 6.92 Å². The fourth-order valence-electron chi connectivity index (χ4n) is 2.56. The van der Waals surface area contributed by atoms with Crippen LogP contribution < -0.4 is 0 Å². The zero-order valence-corrected chi connectivity index (χ0v) is 11.9. The first kappa shape index (κ1) is 14.0. The van der Waals surface area contributed by atoms with Crippen LogP contribution in [0.1, 0.15) is 16.1 Å². The molecule has 7 heteroatoms. The maximum Gasteiger partial charge on any atom is 0.257 e. The molecule has 7 nitrogen and oxygen atoms in total. The van der Waals surface area contributed by atoms with Gasteiger partial charge < -0.3 is 14.5 Å². The van der Waals surface area contributed by atoms with Crippen molar-refractivity contribution in [3.8, 4) is 0 Å². The molecule has 1 fully saturated rings. The lowest BCUT2D eigenvalue weighted by molar-refractivity contribution is 0.0615. The summed E-state index contributed by atoms with van der Waals surface area (Å²) in [5.41, 5.74) is 1.75. The molecule has 1 saturated heterocycles. The third-order valence-electron chi connectivity index (χ3n) is 3.83. The number of rotatable bonds is 3. The van der Waals surface area contributed by atoms with Gasteiger partial charge in [0.25, 0.3) is 11.6 Å². The molecule has 0 radical (unpaired) electrons. The number of nitrogens with zero attached hydrogens (tertiary/aromatic N) is 4. The van der Waals surface area contributed by atoms with Gasteiger partial charge in [0, 0.05) is 38.9 Å². The van der Waals surface area contributed by atoms with Gasteiger partial charge in [0.1, 0.15) is 0 Å². The van der Waals surface area contributed by atoms with Crippen molar-refractivity contribution in [3.63, 3.8) is 0 Å². The summed E-state index contributed by atoms with van der Waals surface area (Å²) >= 11 is 0. The van der Waals surface area contributed by atoms with Gasteiger partial charge in [-0.25, -0.2) is 4.98 Å². The second kappa shape index (κ2) is 5.79. The lowest BCUT2D eigenvalue weighted by Crippen LogP contribution is -2.49. The SMILES string of the molecule is Cc1noc2ncc(C(=O)N3CCN(CCO)CC3)cc12. The van der Waals surface area contributed by atoms with Crippen LogP contribution in [0.2, 0.25) is 0 Å². The first-order valence-corrected chi connectivity index (χ1v) is 7.03. The van der Waals surface area contributed by atoms with Gasteiger partial charge in [-0.05, 0) is 13.0 Å². The first-order chi connectivity index (χ1) is 10.2. The number of fused-ring (bicyclic) bond motifs is 1. The summed E-state index contributed by atoms with van der Waals surface area (Å²) in [6.07, 6.45) is 1.54. The Labute approximate surface area is 122 Å². The van der Waals surface area contributed by atoms with Crippen LogP contribution in [0.5, 0.6) is 0 Å². The number of β-amino-alcohol motifs (C(OH)–C–C–N with tert-alkyl or cyclic N) is 1. The number of piperazine rings is 1. The average Bonchev–Trinajstić information content (AvgIpc) is 2.89. The second-order valence-electron chi connectivity index (χ2n) is 5.20. The third-order valence-corrected chi connectivity index (χ3v) is 3.83. The molecule has 0 aromatic carbocycles. The highest BCUT2D eigenvalue weighted by Crippen LogP contribution is 2.18. The van der Waals surface area contributed by atoms with E-state index in [9.17, 15) is 4.79 Å². The molecule has 3 heterocycles. The minimum atomic E-state index is -0.0198. The molecule has 3 rings (SSSR count). The maximum absolute atomic E-state index is 12.5. The Morgan fingerprint density at radius 3 is 2.86 bits per heavy atom. The van der Waals surface area contributed by atoms with Crippen molar-refractivity contribution in [1.29, 1.82) is 0 Å². The standard InChI is InChI=1S/C14H18N4O3/c1-10-12-8-11(9-15-13(12)21-16-10)14(20)18-4-2-17(3-5-18)6-7-19/h8-9,19H,2-7H2,1H3. The van der Waals surface area contributed by atoms with Crippen LogP contribution in [0.3, 0.4) is 0 Å². The fraction of sp³-hybridized carbons (Fsp3) is 0.500. The monoisotopic (exact) mass is 290 g/mol. The summed E-state index contributed by atoms with van der Waals surface area (Å²) in [6, 6.07) is 1.79. The van der Waals surface area contributed by atoms with Crippen molar-refractivity contribution >= 4 is 17.0 Å². The lowest BCUT2D eigenvalue weighted by Gasteiger charge is -2.34. The van der Waals surface area contributed by atoms with E-state index < -0.39 is 0 Å². The van der Waals surface area contributed by atoms with Gasteiger partial charge in [-0.3, -0.25) is 9.69 Å². The van der Waals surface area contributed by atoms with Gasteiger partial charge in [-0.15, -0.1) is 0 Å². The zero-order chi connectivity index (χ0) is 14.8. The van der Waals surface area contributed by atoms with Crippen LogP contribution in [-0.4, -0.2) is 70.3 Å². The average molecular weight is 290 g/mol. The third kappa shape index (κ3) is 2.74. The van der Waals surface area contributed by atoms with Crippen LogP contribution in [0.15, 0.2) is 16.8 Å². The lowest BCUT2D eigenvalue weighted by atomic mass is 10.1. The van der Waals surface area contributed by atoms with Crippen molar-refractivity contribution in [2.24, 2.45) is 0 Å².